The van der Waals surface area contributed by atoms with Gasteiger partial charge in [-0.15, -0.1) is 0 Å². The Morgan fingerprint density at radius 1 is 1.05 bits per heavy atom. The summed E-state index contributed by atoms with van der Waals surface area (Å²) in [6, 6.07) is 7.45. The monoisotopic (exact) mass is 284 g/mol. The fraction of sp³-hybridized carbons (Fsp3) is 0.600. The van der Waals surface area contributed by atoms with Crippen LogP contribution in [-0.2, 0) is 17.8 Å². The van der Waals surface area contributed by atoms with Crippen LogP contribution in [0.25, 0.3) is 0 Å². The van der Waals surface area contributed by atoms with Gasteiger partial charge in [0.05, 0.1) is 0 Å². The molecular weight excluding hydrogens is 260 g/mol. The Labute approximate surface area is 118 Å². The zero-order chi connectivity index (χ0) is 13.9. The van der Waals surface area contributed by atoms with Crippen molar-refractivity contribution >= 4 is 11.4 Å². The van der Waals surface area contributed by atoms with Gasteiger partial charge >= 0.3 is 11.4 Å². The summed E-state index contributed by atoms with van der Waals surface area (Å²) < 4.78 is 24.3. The van der Waals surface area contributed by atoms with Crippen molar-refractivity contribution < 1.29 is 12.9 Å². The Bertz CT molecular complexity index is 379. The molecule has 1 rings (SSSR count). The van der Waals surface area contributed by atoms with E-state index in [1.165, 1.54) is 38.5 Å². The summed E-state index contributed by atoms with van der Waals surface area (Å²) in [6.07, 6.45) is 9.75. The van der Waals surface area contributed by atoms with Crippen molar-refractivity contribution in [3.8, 4) is 5.75 Å². The maximum atomic E-state index is 10.7. The molecule has 1 unspecified atom stereocenters. The highest BCUT2D eigenvalue weighted by Gasteiger charge is 2.05. The van der Waals surface area contributed by atoms with Crippen molar-refractivity contribution in [2.24, 2.45) is 0 Å². The fourth-order valence-electron chi connectivity index (χ4n) is 2.14. The van der Waals surface area contributed by atoms with Crippen molar-refractivity contribution in [2.75, 3.05) is 0 Å². The van der Waals surface area contributed by atoms with Gasteiger partial charge in [0.1, 0.15) is 5.75 Å². The van der Waals surface area contributed by atoms with E-state index in [1.54, 1.807) is 6.07 Å². The molecule has 1 atom stereocenters. The van der Waals surface area contributed by atoms with Gasteiger partial charge in [0.25, 0.3) is 0 Å². The summed E-state index contributed by atoms with van der Waals surface area (Å²) in [5.41, 5.74) is 1.01. The smallest absolute Gasteiger partial charge is 0.357 e. The van der Waals surface area contributed by atoms with Crippen molar-refractivity contribution in [1.29, 1.82) is 0 Å². The molecule has 0 saturated heterocycles. The quantitative estimate of drug-likeness (QED) is 0.508. The lowest BCUT2D eigenvalue weighted by Gasteiger charge is -2.07. The third-order valence-corrected chi connectivity index (χ3v) is 3.51. The van der Waals surface area contributed by atoms with Crippen molar-refractivity contribution in [1.82, 2.24) is 0 Å². The summed E-state index contributed by atoms with van der Waals surface area (Å²) >= 11 is -2.24. The summed E-state index contributed by atoms with van der Waals surface area (Å²) in [6.45, 7) is 2.22. The molecule has 3 nitrogen and oxygen atoms in total. The van der Waals surface area contributed by atoms with Gasteiger partial charge in [-0.1, -0.05) is 63.6 Å². The van der Waals surface area contributed by atoms with E-state index in [4.69, 9.17) is 8.74 Å². The van der Waals surface area contributed by atoms with Crippen molar-refractivity contribution in [3.63, 3.8) is 0 Å². The average molecular weight is 284 g/mol. The highest BCUT2D eigenvalue weighted by molar-refractivity contribution is 7.74. The molecule has 4 heteroatoms. The second-order valence-electron chi connectivity index (χ2n) is 4.78. The van der Waals surface area contributed by atoms with E-state index in [0.29, 0.717) is 5.75 Å². The van der Waals surface area contributed by atoms with Crippen LogP contribution < -0.4 is 4.18 Å². The molecule has 0 aromatic heterocycles. The van der Waals surface area contributed by atoms with Gasteiger partial charge in [0.2, 0.25) is 0 Å². The second kappa shape index (κ2) is 9.98. The third-order valence-electron chi connectivity index (χ3n) is 3.18. The van der Waals surface area contributed by atoms with E-state index in [2.05, 4.69) is 6.92 Å². The molecule has 0 saturated carbocycles. The molecule has 0 bridgehead atoms. The number of benzene rings is 1. The van der Waals surface area contributed by atoms with Crippen molar-refractivity contribution in [3.05, 3.63) is 29.8 Å². The maximum Gasteiger partial charge on any atom is 0.357 e. The molecule has 0 radical (unpaired) electrons. The maximum absolute atomic E-state index is 10.7. The summed E-state index contributed by atoms with van der Waals surface area (Å²) in [7, 11) is 0. The molecule has 0 aliphatic carbocycles. The molecule has 1 aromatic carbocycles. The van der Waals surface area contributed by atoms with Gasteiger partial charge in [-0.25, -0.2) is 0 Å². The first-order valence-electron chi connectivity index (χ1n) is 7.11. The fourth-order valence-corrected chi connectivity index (χ4v) is 2.46. The van der Waals surface area contributed by atoms with Gasteiger partial charge in [-0.3, -0.25) is 4.55 Å². The van der Waals surface area contributed by atoms with Gasteiger partial charge in [0, 0.05) is 0 Å². The molecule has 1 aromatic rings. The van der Waals surface area contributed by atoms with Crippen LogP contribution in [0.5, 0.6) is 5.75 Å². The van der Waals surface area contributed by atoms with Crippen LogP contribution in [0.2, 0.25) is 0 Å². The topological polar surface area (TPSA) is 46.5 Å². The molecule has 19 heavy (non-hydrogen) atoms. The van der Waals surface area contributed by atoms with Crippen molar-refractivity contribution in [2.45, 2.75) is 58.3 Å². The van der Waals surface area contributed by atoms with Crippen LogP contribution in [0.3, 0.4) is 0 Å². The van der Waals surface area contributed by atoms with Crippen LogP contribution in [0.4, 0.5) is 0 Å². The Hall–Kier alpha value is -0.870. The molecule has 0 amide bonds. The molecule has 1 N–H and O–H groups in total. The van der Waals surface area contributed by atoms with E-state index in [9.17, 15) is 4.21 Å². The molecule has 0 fully saturated rings. The minimum atomic E-state index is -2.24. The van der Waals surface area contributed by atoms with Crippen LogP contribution >= 0.6 is 0 Å². The molecule has 0 spiro atoms. The normalized spacial score (nSPS) is 12.3. The number of unbranched alkanes of at least 4 members (excludes halogenated alkanes) is 6. The average Bonchev–Trinajstić information content (AvgIpc) is 2.39. The lowest BCUT2D eigenvalue weighted by Crippen LogP contribution is -2.00. The van der Waals surface area contributed by atoms with Gasteiger partial charge < -0.3 is 4.18 Å². The first-order valence-corrected chi connectivity index (χ1v) is 8.14. The number of rotatable bonds is 10. The van der Waals surface area contributed by atoms with E-state index in [1.807, 2.05) is 18.2 Å². The Kier molecular flexibility index (Phi) is 8.50. The predicted octanol–water partition coefficient (Wildman–Crippen LogP) is 4.50. The number of para-hydroxylation sites is 1. The Morgan fingerprint density at radius 2 is 1.68 bits per heavy atom. The lowest BCUT2D eigenvalue weighted by atomic mass is 10.0. The van der Waals surface area contributed by atoms with E-state index >= 15 is 0 Å². The zero-order valence-electron chi connectivity index (χ0n) is 11.6. The Morgan fingerprint density at radius 3 is 2.37 bits per heavy atom. The summed E-state index contributed by atoms with van der Waals surface area (Å²) in [4.78, 5) is 0. The standard InChI is InChI=1S/C15H24O3S/c1-2-3-4-5-6-7-8-11-14-12-9-10-13-15(14)18-19(16)17/h9-10,12-13H,2-8,11H2,1H3,(H,16,17). The van der Waals surface area contributed by atoms with E-state index in [-0.39, 0.29) is 0 Å². The molecular formula is C15H24O3S. The largest absolute Gasteiger partial charge is 0.380 e. The molecule has 0 aliphatic heterocycles. The first kappa shape index (κ1) is 16.2. The van der Waals surface area contributed by atoms with Gasteiger partial charge in [0.15, 0.2) is 0 Å². The highest BCUT2D eigenvalue weighted by Crippen LogP contribution is 2.21. The van der Waals surface area contributed by atoms with E-state index in [0.717, 1.165) is 18.4 Å². The lowest BCUT2D eigenvalue weighted by molar-refractivity contribution is 0.454. The summed E-state index contributed by atoms with van der Waals surface area (Å²) in [5, 5.41) is 0. The number of aryl methyl sites for hydroxylation is 1. The van der Waals surface area contributed by atoms with Gasteiger partial charge in [-0.05, 0) is 24.5 Å². The minimum absolute atomic E-state index is 0.523. The third kappa shape index (κ3) is 7.33. The predicted molar refractivity (Wildman–Crippen MR) is 79.5 cm³/mol. The second-order valence-corrected chi connectivity index (χ2v) is 5.38. The van der Waals surface area contributed by atoms with Crippen LogP contribution in [0.1, 0.15) is 57.4 Å². The summed E-state index contributed by atoms with van der Waals surface area (Å²) in [5.74, 6) is 0.523. The SMILES string of the molecule is CCCCCCCCCc1ccccc1OS(=O)O. The Balaban J connectivity index is 2.26. The molecule has 0 heterocycles. The minimum Gasteiger partial charge on any atom is -0.380 e. The number of hydrogen-bond acceptors (Lipinski definition) is 2. The van der Waals surface area contributed by atoms with E-state index < -0.39 is 11.4 Å². The van der Waals surface area contributed by atoms with Crippen LogP contribution in [-0.4, -0.2) is 8.76 Å². The van der Waals surface area contributed by atoms with Gasteiger partial charge in [-0.2, -0.15) is 4.21 Å². The first-order chi connectivity index (χ1) is 9.24. The molecule has 108 valence electrons. The highest BCUT2D eigenvalue weighted by atomic mass is 32.2. The van der Waals surface area contributed by atoms with Crippen LogP contribution in [0.15, 0.2) is 24.3 Å². The number of hydrogen-bond donors (Lipinski definition) is 1. The molecule has 0 aliphatic rings. The zero-order valence-corrected chi connectivity index (χ0v) is 12.5. The van der Waals surface area contributed by atoms with Crippen LogP contribution in [0, 0.1) is 0 Å².